The summed E-state index contributed by atoms with van der Waals surface area (Å²) in [4.78, 5) is 12.6. The van der Waals surface area contributed by atoms with Crippen molar-refractivity contribution in [3.63, 3.8) is 0 Å². The third-order valence-electron chi connectivity index (χ3n) is 1.62. The van der Waals surface area contributed by atoms with Crippen LogP contribution >= 0.6 is 11.6 Å². The standard InChI is InChI=1S/C10H16ClNO/c1-3-7-12(8-4-2)9-5-6-10(11)13/h3-4H,1-2,5-9H2. The van der Waals surface area contributed by atoms with Gasteiger partial charge in [0.25, 0.3) is 0 Å². The molecule has 0 rings (SSSR count). The lowest BCUT2D eigenvalue weighted by molar-refractivity contribution is -0.111. The van der Waals surface area contributed by atoms with Crippen LogP contribution in [0.3, 0.4) is 0 Å². The minimum absolute atomic E-state index is 0.267. The van der Waals surface area contributed by atoms with Gasteiger partial charge in [0.2, 0.25) is 5.24 Å². The zero-order chi connectivity index (χ0) is 10.1. The summed E-state index contributed by atoms with van der Waals surface area (Å²) in [5, 5.41) is -0.267. The molecule has 2 nitrogen and oxygen atoms in total. The summed E-state index contributed by atoms with van der Waals surface area (Å²) in [5.41, 5.74) is 0. The second-order valence-electron chi connectivity index (χ2n) is 2.80. The molecule has 0 aliphatic heterocycles. The number of halogens is 1. The molecular formula is C10H16ClNO. The first-order chi connectivity index (χ1) is 6.20. The fourth-order valence-corrected chi connectivity index (χ4v) is 1.20. The molecule has 0 atom stereocenters. The molecule has 3 heteroatoms. The van der Waals surface area contributed by atoms with Crippen molar-refractivity contribution in [1.82, 2.24) is 4.90 Å². The van der Waals surface area contributed by atoms with Gasteiger partial charge in [0.05, 0.1) is 0 Å². The number of rotatable bonds is 8. The van der Waals surface area contributed by atoms with E-state index < -0.39 is 0 Å². The summed E-state index contributed by atoms with van der Waals surface area (Å²) in [6, 6.07) is 0. The van der Waals surface area contributed by atoms with Crippen LogP contribution in [0.5, 0.6) is 0 Å². The topological polar surface area (TPSA) is 20.3 Å². The maximum atomic E-state index is 10.4. The van der Waals surface area contributed by atoms with Crippen molar-refractivity contribution in [3.05, 3.63) is 25.3 Å². The maximum Gasteiger partial charge on any atom is 0.221 e. The van der Waals surface area contributed by atoms with Crippen molar-refractivity contribution >= 4 is 16.8 Å². The lowest BCUT2D eigenvalue weighted by atomic mass is 10.3. The average Bonchev–Trinajstić information content (AvgIpc) is 2.04. The molecule has 0 aliphatic rings. The van der Waals surface area contributed by atoms with Crippen molar-refractivity contribution in [2.24, 2.45) is 0 Å². The van der Waals surface area contributed by atoms with E-state index in [1.54, 1.807) is 0 Å². The molecule has 0 radical (unpaired) electrons. The minimum Gasteiger partial charge on any atom is -0.296 e. The smallest absolute Gasteiger partial charge is 0.221 e. The molecule has 13 heavy (non-hydrogen) atoms. The van der Waals surface area contributed by atoms with Gasteiger partial charge in [-0.25, -0.2) is 0 Å². The van der Waals surface area contributed by atoms with Gasteiger partial charge in [-0.2, -0.15) is 0 Å². The molecule has 0 N–H and O–H groups in total. The minimum atomic E-state index is -0.267. The number of hydrogen-bond donors (Lipinski definition) is 0. The van der Waals surface area contributed by atoms with Crippen molar-refractivity contribution in [2.75, 3.05) is 19.6 Å². The summed E-state index contributed by atoms with van der Waals surface area (Å²) < 4.78 is 0. The van der Waals surface area contributed by atoms with Gasteiger partial charge in [0, 0.05) is 19.5 Å². The van der Waals surface area contributed by atoms with Crippen molar-refractivity contribution in [1.29, 1.82) is 0 Å². The SMILES string of the molecule is C=CCN(CC=C)CCCC(=O)Cl. The second kappa shape index (κ2) is 8.02. The van der Waals surface area contributed by atoms with Crippen molar-refractivity contribution in [3.8, 4) is 0 Å². The first-order valence-electron chi connectivity index (χ1n) is 4.33. The summed E-state index contributed by atoms with van der Waals surface area (Å²) in [7, 11) is 0. The van der Waals surface area contributed by atoms with Crippen molar-refractivity contribution in [2.45, 2.75) is 12.8 Å². The zero-order valence-corrected chi connectivity index (χ0v) is 8.59. The fourth-order valence-electron chi connectivity index (χ4n) is 1.06. The molecule has 0 bridgehead atoms. The Balaban J connectivity index is 3.60. The third-order valence-corrected chi connectivity index (χ3v) is 1.81. The molecule has 0 aromatic heterocycles. The highest BCUT2D eigenvalue weighted by atomic mass is 35.5. The second-order valence-corrected chi connectivity index (χ2v) is 3.22. The molecule has 0 saturated heterocycles. The Morgan fingerprint density at radius 1 is 1.31 bits per heavy atom. The monoisotopic (exact) mass is 201 g/mol. The van der Waals surface area contributed by atoms with E-state index in [4.69, 9.17) is 11.6 Å². The Morgan fingerprint density at radius 2 is 1.85 bits per heavy atom. The van der Waals surface area contributed by atoms with Crippen LogP contribution in [0, 0.1) is 0 Å². The molecule has 74 valence electrons. The van der Waals surface area contributed by atoms with E-state index in [2.05, 4.69) is 18.1 Å². The van der Waals surface area contributed by atoms with Crippen LogP contribution in [-0.2, 0) is 4.79 Å². The number of carbonyl (C=O) groups excluding carboxylic acids is 1. The number of hydrogen-bond acceptors (Lipinski definition) is 2. The quantitative estimate of drug-likeness (QED) is 0.443. The van der Waals surface area contributed by atoms with E-state index in [1.165, 1.54) is 0 Å². The first-order valence-corrected chi connectivity index (χ1v) is 4.71. The normalized spacial score (nSPS) is 10.0. The molecule has 0 heterocycles. The number of nitrogens with zero attached hydrogens (tertiary/aromatic N) is 1. The molecule has 0 fully saturated rings. The summed E-state index contributed by atoms with van der Waals surface area (Å²) in [5.74, 6) is 0. The zero-order valence-electron chi connectivity index (χ0n) is 7.84. The van der Waals surface area contributed by atoms with Crippen LogP contribution in [0.2, 0.25) is 0 Å². The molecule has 0 saturated carbocycles. The van der Waals surface area contributed by atoms with E-state index in [0.717, 1.165) is 26.1 Å². The Kier molecular flexibility index (Phi) is 7.65. The van der Waals surface area contributed by atoms with Crippen LogP contribution in [0.4, 0.5) is 0 Å². The van der Waals surface area contributed by atoms with Crippen molar-refractivity contribution < 1.29 is 4.79 Å². The highest BCUT2D eigenvalue weighted by Gasteiger charge is 2.01. The molecule has 0 aliphatic carbocycles. The summed E-state index contributed by atoms with van der Waals surface area (Å²) >= 11 is 5.22. The lowest BCUT2D eigenvalue weighted by Crippen LogP contribution is -2.25. The highest BCUT2D eigenvalue weighted by Crippen LogP contribution is 1.98. The third kappa shape index (κ3) is 7.75. The fraction of sp³-hybridized carbons (Fsp3) is 0.500. The molecule has 0 aromatic rings. The Bertz CT molecular complexity index is 170. The largest absolute Gasteiger partial charge is 0.296 e. The van der Waals surface area contributed by atoms with Crippen LogP contribution in [-0.4, -0.2) is 29.8 Å². The van der Waals surface area contributed by atoms with Gasteiger partial charge >= 0.3 is 0 Å². The Hall–Kier alpha value is -0.600. The molecule has 0 amide bonds. The van der Waals surface area contributed by atoms with Gasteiger partial charge in [0.1, 0.15) is 0 Å². The molecule has 0 aromatic carbocycles. The van der Waals surface area contributed by atoms with Crippen LogP contribution in [0.25, 0.3) is 0 Å². The maximum absolute atomic E-state index is 10.4. The van der Waals surface area contributed by atoms with Gasteiger partial charge in [0.15, 0.2) is 0 Å². The molecule has 0 spiro atoms. The van der Waals surface area contributed by atoms with E-state index in [9.17, 15) is 4.79 Å². The highest BCUT2D eigenvalue weighted by molar-refractivity contribution is 6.63. The lowest BCUT2D eigenvalue weighted by Gasteiger charge is -2.17. The van der Waals surface area contributed by atoms with Crippen LogP contribution in [0.1, 0.15) is 12.8 Å². The predicted octanol–water partition coefficient (Wildman–Crippen LogP) is 2.21. The van der Waals surface area contributed by atoms with Crippen LogP contribution < -0.4 is 0 Å². The van der Waals surface area contributed by atoms with Gasteiger partial charge in [-0.15, -0.1) is 13.2 Å². The average molecular weight is 202 g/mol. The Labute approximate surface area is 84.9 Å². The van der Waals surface area contributed by atoms with E-state index >= 15 is 0 Å². The number of carbonyl (C=O) groups is 1. The van der Waals surface area contributed by atoms with Gasteiger partial charge < -0.3 is 0 Å². The Morgan fingerprint density at radius 3 is 2.23 bits per heavy atom. The first kappa shape index (κ1) is 12.4. The van der Waals surface area contributed by atoms with Crippen LogP contribution in [0.15, 0.2) is 25.3 Å². The summed E-state index contributed by atoms with van der Waals surface area (Å²) in [6.45, 7) is 9.82. The van der Waals surface area contributed by atoms with E-state index in [1.807, 2.05) is 12.2 Å². The van der Waals surface area contributed by atoms with E-state index in [-0.39, 0.29) is 5.24 Å². The predicted molar refractivity (Wildman–Crippen MR) is 56.9 cm³/mol. The molecule has 0 unspecified atom stereocenters. The van der Waals surface area contributed by atoms with Gasteiger partial charge in [-0.1, -0.05) is 12.2 Å². The van der Waals surface area contributed by atoms with E-state index in [0.29, 0.717) is 6.42 Å². The molecular weight excluding hydrogens is 186 g/mol. The van der Waals surface area contributed by atoms with Gasteiger partial charge in [-0.3, -0.25) is 9.69 Å². The van der Waals surface area contributed by atoms with Gasteiger partial charge in [-0.05, 0) is 24.6 Å². The summed E-state index contributed by atoms with van der Waals surface area (Å²) in [6.07, 6.45) is 4.91.